The van der Waals surface area contributed by atoms with E-state index >= 15 is 0 Å². The summed E-state index contributed by atoms with van der Waals surface area (Å²) in [5, 5.41) is 3.38. The molecule has 2 saturated heterocycles. The van der Waals surface area contributed by atoms with Gasteiger partial charge in [-0.1, -0.05) is 30.3 Å². The molecule has 3 rings (SSSR count). The fourth-order valence-electron chi connectivity index (χ4n) is 3.08. The second-order valence-electron chi connectivity index (χ2n) is 5.95. The molecule has 21 heavy (non-hydrogen) atoms. The Morgan fingerprint density at radius 1 is 1.33 bits per heavy atom. The average molecular weight is 289 g/mol. The molecular weight excluding hydrogens is 266 g/mol. The molecule has 2 aliphatic rings. The van der Waals surface area contributed by atoms with Crippen molar-refractivity contribution in [1.29, 1.82) is 0 Å². The summed E-state index contributed by atoms with van der Waals surface area (Å²) < 4.78 is 5.81. The molecule has 0 radical (unpaired) electrons. The summed E-state index contributed by atoms with van der Waals surface area (Å²) in [4.78, 5) is 16.6. The van der Waals surface area contributed by atoms with Gasteiger partial charge in [-0.3, -0.25) is 10.1 Å². The molecule has 114 valence electrons. The molecular formula is C16H23N3O2. The average Bonchev–Trinajstić information content (AvgIpc) is 2.77. The first-order valence-corrected chi connectivity index (χ1v) is 7.57. The van der Waals surface area contributed by atoms with Gasteiger partial charge in [0.1, 0.15) is 6.17 Å². The van der Waals surface area contributed by atoms with Crippen LogP contribution >= 0.6 is 0 Å². The van der Waals surface area contributed by atoms with Crippen LogP contribution in [0.3, 0.4) is 0 Å². The number of morpholine rings is 1. The second kappa shape index (κ2) is 6.13. The van der Waals surface area contributed by atoms with E-state index in [4.69, 9.17) is 4.74 Å². The fourth-order valence-corrected chi connectivity index (χ4v) is 3.08. The molecule has 2 heterocycles. The SMILES string of the molecule is CC1NC(c2ccccc2)N(CC2CN(C)CCO2)C1=O. The Morgan fingerprint density at radius 2 is 2.10 bits per heavy atom. The third-order valence-electron chi connectivity index (χ3n) is 4.23. The van der Waals surface area contributed by atoms with E-state index in [9.17, 15) is 4.79 Å². The van der Waals surface area contributed by atoms with Gasteiger partial charge in [0.25, 0.3) is 0 Å². The number of benzene rings is 1. The van der Waals surface area contributed by atoms with Crippen molar-refractivity contribution in [2.75, 3.05) is 33.3 Å². The fraction of sp³-hybridized carbons (Fsp3) is 0.562. The van der Waals surface area contributed by atoms with Crippen LogP contribution in [0.15, 0.2) is 30.3 Å². The molecule has 2 aliphatic heterocycles. The number of hydrogen-bond donors (Lipinski definition) is 1. The van der Waals surface area contributed by atoms with Crippen molar-refractivity contribution in [3.63, 3.8) is 0 Å². The number of hydrogen-bond acceptors (Lipinski definition) is 4. The first-order valence-electron chi connectivity index (χ1n) is 7.57. The van der Waals surface area contributed by atoms with Crippen LogP contribution in [0.2, 0.25) is 0 Å². The molecule has 1 aromatic rings. The van der Waals surface area contributed by atoms with Crippen LogP contribution in [0.1, 0.15) is 18.7 Å². The van der Waals surface area contributed by atoms with Crippen molar-refractivity contribution in [3.8, 4) is 0 Å². The first-order chi connectivity index (χ1) is 10.1. The smallest absolute Gasteiger partial charge is 0.241 e. The molecule has 2 fully saturated rings. The third kappa shape index (κ3) is 3.10. The van der Waals surface area contributed by atoms with Gasteiger partial charge in [-0.05, 0) is 19.5 Å². The zero-order valence-corrected chi connectivity index (χ0v) is 12.7. The monoisotopic (exact) mass is 289 g/mol. The highest BCUT2D eigenvalue weighted by atomic mass is 16.5. The lowest BCUT2D eigenvalue weighted by Gasteiger charge is -2.34. The van der Waals surface area contributed by atoms with Crippen molar-refractivity contribution >= 4 is 5.91 Å². The predicted octanol–water partition coefficient (Wildman–Crippen LogP) is 0.836. The Balaban J connectivity index is 1.75. The molecule has 0 aromatic heterocycles. The molecule has 5 nitrogen and oxygen atoms in total. The van der Waals surface area contributed by atoms with Gasteiger partial charge in [-0.25, -0.2) is 0 Å². The van der Waals surface area contributed by atoms with Gasteiger partial charge in [0, 0.05) is 13.1 Å². The van der Waals surface area contributed by atoms with E-state index in [1.165, 1.54) is 0 Å². The van der Waals surface area contributed by atoms with E-state index in [2.05, 4.69) is 29.4 Å². The maximum absolute atomic E-state index is 12.4. The Hall–Kier alpha value is -1.43. The van der Waals surface area contributed by atoms with Crippen LogP contribution in [-0.2, 0) is 9.53 Å². The van der Waals surface area contributed by atoms with Gasteiger partial charge in [-0.15, -0.1) is 0 Å². The van der Waals surface area contributed by atoms with Crippen molar-refractivity contribution in [2.45, 2.75) is 25.2 Å². The highest BCUT2D eigenvalue weighted by Crippen LogP contribution is 2.26. The predicted molar refractivity (Wildman–Crippen MR) is 80.7 cm³/mol. The number of amides is 1. The molecule has 3 atom stereocenters. The lowest BCUT2D eigenvalue weighted by atomic mass is 10.1. The van der Waals surface area contributed by atoms with Gasteiger partial charge in [0.15, 0.2) is 0 Å². The molecule has 1 aromatic carbocycles. The molecule has 1 amide bonds. The lowest BCUT2D eigenvalue weighted by molar-refractivity contribution is -0.133. The number of carbonyl (C=O) groups is 1. The normalized spacial score (nSPS) is 30.9. The van der Waals surface area contributed by atoms with Crippen LogP contribution in [0.4, 0.5) is 0 Å². The molecule has 0 aliphatic carbocycles. The van der Waals surface area contributed by atoms with Gasteiger partial charge in [0.2, 0.25) is 5.91 Å². The summed E-state index contributed by atoms with van der Waals surface area (Å²) in [6.45, 7) is 5.13. The molecule has 5 heteroatoms. The second-order valence-corrected chi connectivity index (χ2v) is 5.95. The lowest BCUT2D eigenvalue weighted by Crippen LogP contribution is -2.47. The number of nitrogens with one attached hydrogen (secondary N) is 1. The van der Waals surface area contributed by atoms with Crippen molar-refractivity contribution < 1.29 is 9.53 Å². The summed E-state index contributed by atoms with van der Waals surface area (Å²) in [5.41, 5.74) is 1.12. The summed E-state index contributed by atoms with van der Waals surface area (Å²) in [6, 6.07) is 9.98. The number of ether oxygens (including phenoxy) is 1. The molecule has 0 saturated carbocycles. The van der Waals surface area contributed by atoms with Crippen LogP contribution in [0.25, 0.3) is 0 Å². The Bertz CT molecular complexity index is 494. The Morgan fingerprint density at radius 3 is 2.81 bits per heavy atom. The van der Waals surface area contributed by atoms with E-state index in [0.29, 0.717) is 6.54 Å². The maximum Gasteiger partial charge on any atom is 0.241 e. The highest BCUT2D eigenvalue weighted by molar-refractivity contribution is 5.84. The summed E-state index contributed by atoms with van der Waals surface area (Å²) in [5.74, 6) is 0.153. The topological polar surface area (TPSA) is 44.8 Å². The largest absolute Gasteiger partial charge is 0.374 e. The third-order valence-corrected chi connectivity index (χ3v) is 4.23. The van der Waals surface area contributed by atoms with Crippen LogP contribution in [0.5, 0.6) is 0 Å². The van der Waals surface area contributed by atoms with Crippen LogP contribution < -0.4 is 5.32 Å². The highest BCUT2D eigenvalue weighted by Gasteiger charge is 2.38. The van der Waals surface area contributed by atoms with Gasteiger partial charge in [0.05, 0.1) is 25.3 Å². The summed E-state index contributed by atoms with van der Waals surface area (Å²) in [7, 11) is 2.09. The number of rotatable bonds is 3. The Kier molecular flexibility index (Phi) is 4.24. The Labute approximate surface area is 125 Å². The number of likely N-dealkylation sites (N-methyl/N-ethyl adjacent to an activating group) is 1. The summed E-state index contributed by atoms with van der Waals surface area (Å²) >= 11 is 0. The van der Waals surface area contributed by atoms with Gasteiger partial charge in [-0.2, -0.15) is 0 Å². The van der Waals surface area contributed by atoms with E-state index < -0.39 is 0 Å². The maximum atomic E-state index is 12.4. The van der Waals surface area contributed by atoms with Crippen molar-refractivity contribution in [2.24, 2.45) is 0 Å². The zero-order chi connectivity index (χ0) is 14.8. The van der Waals surface area contributed by atoms with E-state index in [0.717, 1.165) is 25.3 Å². The number of nitrogens with zero attached hydrogens (tertiary/aromatic N) is 2. The minimum Gasteiger partial charge on any atom is -0.374 e. The minimum absolute atomic E-state index is 0.0514. The molecule has 0 spiro atoms. The van der Waals surface area contributed by atoms with Crippen LogP contribution in [-0.4, -0.2) is 61.1 Å². The zero-order valence-electron chi connectivity index (χ0n) is 12.7. The van der Waals surface area contributed by atoms with Crippen molar-refractivity contribution in [3.05, 3.63) is 35.9 Å². The van der Waals surface area contributed by atoms with E-state index in [-0.39, 0.29) is 24.2 Å². The number of carbonyl (C=O) groups excluding carboxylic acids is 1. The first kappa shape index (κ1) is 14.5. The van der Waals surface area contributed by atoms with Crippen LogP contribution in [0, 0.1) is 0 Å². The summed E-state index contributed by atoms with van der Waals surface area (Å²) in [6.07, 6.45) is 0.0375. The standard InChI is InChI=1S/C16H23N3O2/c1-12-16(20)19(11-14-10-18(2)8-9-21-14)15(17-12)13-6-4-3-5-7-13/h3-7,12,14-15,17H,8-11H2,1-2H3. The van der Waals surface area contributed by atoms with Crippen molar-refractivity contribution in [1.82, 2.24) is 15.1 Å². The molecule has 3 unspecified atom stereocenters. The van der Waals surface area contributed by atoms with Gasteiger partial charge >= 0.3 is 0 Å². The molecule has 1 N–H and O–H groups in total. The minimum atomic E-state index is -0.142. The quantitative estimate of drug-likeness (QED) is 0.895. The van der Waals surface area contributed by atoms with Gasteiger partial charge < -0.3 is 14.5 Å². The van der Waals surface area contributed by atoms with E-state index in [1.807, 2.05) is 30.0 Å². The van der Waals surface area contributed by atoms with E-state index in [1.54, 1.807) is 0 Å². The molecule has 0 bridgehead atoms.